The molecule has 0 atom stereocenters. The molecule has 1 aromatic heterocycles. The summed E-state index contributed by atoms with van der Waals surface area (Å²) in [6.45, 7) is 3.05. The van der Waals surface area contributed by atoms with Gasteiger partial charge in [0.25, 0.3) is 0 Å². The second-order valence-electron chi connectivity index (χ2n) is 6.14. The predicted octanol–water partition coefficient (Wildman–Crippen LogP) is 3.56. The van der Waals surface area contributed by atoms with Crippen LogP contribution in [0.25, 0.3) is 20.8 Å². The summed E-state index contributed by atoms with van der Waals surface area (Å²) >= 11 is 7.91. The topological polar surface area (TPSA) is 77.7 Å². The molecule has 1 aliphatic heterocycles. The minimum Gasteiger partial charge on any atom is -0.494 e. The van der Waals surface area contributed by atoms with Gasteiger partial charge in [-0.05, 0) is 30.3 Å². The molecule has 1 saturated heterocycles. The highest BCUT2D eigenvalue weighted by Gasteiger charge is 2.20. The molecule has 2 aromatic carbocycles. The summed E-state index contributed by atoms with van der Waals surface area (Å²) in [7, 11) is 1.63. The van der Waals surface area contributed by atoms with Gasteiger partial charge in [0.1, 0.15) is 16.3 Å². The first-order valence-electron chi connectivity index (χ1n) is 8.48. The van der Waals surface area contributed by atoms with Crippen LogP contribution in [-0.2, 0) is 4.74 Å². The summed E-state index contributed by atoms with van der Waals surface area (Å²) < 4.78 is 12.0. The Morgan fingerprint density at radius 1 is 1.30 bits per heavy atom. The van der Waals surface area contributed by atoms with Crippen LogP contribution in [0.15, 0.2) is 30.3 Å². The lowest BCUT2D eigenvalue weighted by Crippen LogP contribution is -2.36. The molecule has 140 valence electrons. The molecule has 4 rings (SSSR count). The highest BCUT2D eigenvalue weighted by molar-refractivity contribution is 7.22. The second-order valence-corrected chi connectivity index (χ2v) is 7.55. The van der Waals surface area contributed by atoms with Crippen LogP contribution in [0.3, 0.4) is 0 Å². The van der Waals surface area contributed by atoms with Crippen LogP contribution in [0.2, 0.25) is 5.02 Å². The number of carbonyl (C=O) groups is 1. The highest BCUT2D eigenvalue weighted by atomic mass is 35.5. The maximum Gasteiger partial charge on any atom is 0.248 e. The van der Waals surface area contributed by atoms with E-state index in [-0.39, 0.29) is 0 Å². The van der Waals surface area contributed by atoms with Crippen LogP contribution in [0.4, 0.5) is 5.69 Å². The molecule has 6 nitrogen and oxygen atoms in total. The normalized spacial score (nSPS) is 14.5. The maximum absolute atomic E-state index is 11.6. The van der Waals surface area contributed by atoms with Crippen molar-refractivity contribution in [1.82, 2.24) is 4.98 Å². The summed E-state index contributed by atoms with van der Waals surface area (Å²) in [6.07, 6.45) is 0. The lowest BCUT2D eigenvalue weighted by Gasteiger charge is -2.29. The van der Waals surface area contributed by atoms with Crippen LogP contribution in [-0.4, -0.2) is 44.3 Å². The van der Waals surface area contributed by atoms with Gasteiger partial charge in [-0.2, -0.15) is 0 Å². The van der Waals surface area contributed by atoms with E-state index in [1.165, 1.54) is 11.3 Å². The van der Waals surface area contributed by atoms with Crippen molar-refractivity contribution in [3.8, 4) is 16.3 Å². The van der Waals surface area contributed by atoms with Gasteiger partial charge >= 0.3 is 0 Å². The molecule has 2 N–H and O–H groups in total. The lowest BCUT2D eigenvalue weighted by atomic mass is 10.1. The number of ether oxygens (including phenoxy) is 2. The van der Waals surface area contributed by atoms with E-state index in [0.717, 1.165) is 34.0 Å². The number of fused-ring (bicyclic) bond motifs is 1. The molecule has 0 aliphatic carbocycles. The summed E-state index contributed by atoms with van der Waals surface area (Å²) in [5.41, 5.74) is 8.37. The number of anilines is 1. The number of hydrogen-bond acceptors (Lipinski definition) is 6. The first-order valence-corrected chi connectivity index (χ1v) is 9.68. The molecule has 0 spiro atoms. The molecule has 0 saturated carbocycles. The third kappa shape index (κ3) is 3.34. The van der Waals surface area contributed by atoms with E-state index in [4.69, 9.17) is 31.8 Å². The number of aromatic nitrogens is 1. The van der Waals surface area contributed by atoms with Crippen molar-refractivity contribution < 1.29 is 14.3 Å². The van der Waals surface area contributed by atoms with Gasteiger partial charge in [0.2, 0.25) is 5.91 Å². The zero-order valence-electron chi connectivity index (χ0n) is 14.7. The monoisotopic (exact) mass is 403 g/mol. The largest absolute Gasteiger partial charge is 0.494 e. The van der Waals surface area contributed by atoms with E-state index in [1.54, 1.807) is 25.3 Å². The number of nitrogens with two attached hydrogens (primary N) is 1. The lowest BCUT2D eigenvalue weighted by molar-refractivity contribution is 0.100. The number of nitrogens with zero attached hydrogens (tertiary/aromatic N) is 2. The van der Waals surface area contributed by atoms with Gasteiger partial charge in [0, 0.05) is 24.2 Å². The first kappa shape index (κ1) is 18.0. The summed E-state index contributed by atoms with van der Waals surface area (Å²) in [5.74, 6) is 0.201. The van der Waals surface area contributed by atoms with E-state index in [1.807, 2.05) is 6.07 Å². The standard InChI is InChI=1S/C19H18ClN3O3S/c1-25-15-5-4-14(23-6-8-26-9-7-23)17-16(15)22-19(27-17)12-10-11(18(21)24)2-3-13(12)20/h2-5,10H,6-9H2,1H3,(H2,21,24). The van der Waals surface area contributed by atoms with Crippen LogP contribution >= 0.6 is 22.9 Å². The molecule has 0 unspecified atom stereocenters. The van der Waals surface area contributed by atoms with Crippen molar-refractivity contribution in [2.24, 2.45) is 5.73 Å². The van der Waals surface area contributed by atoms with Crippen LogP contribution in [0, 0.1) is 0 Å². The van der Waals surface area contributed by atoms with Gasteiger partial charge in [-0.25, -0.2) is 4.98 Å². The Hall–Kier alpha value is -2.35. The van der Waals surface area contributed by atoms with E-state index in [2.05, 4.69) is 11.0 Å². The summed E-state index contributed by atoms with van der Waals surface area (Å²) in [4.78, 5) is 18.6. The van der Waals surface area contributed by atoms with Gasteiger partial charge in [0.05, 0.1) is 35.7 Å². The number of rotatable bonds is 4. The molecule has 27 heavy (non-hydrogen) atoms. The number of thiazole rings is 1. The highest BCUT2D eigenvalue weighted by Crippen LogP contribution is 2.42. The Morgan fingerprint density at radius 2 is 2.07 bits per heavy atom. The fraction of sp³-hybridized carbons (Fsp3) is 0.263. The van der Waals surface area contributed by atoms with E-state index in [9.17, 15) is 4.79 Å². The molecule has 8 heteroatoms. The van der Waals surface area contributed by atoms with Crippen molar-refractivity contribution >= 4 is 44.7 Å². The second kappa shape index (κ2) is 7.34. The minimum atomic E-state index is -0.499. The number of hydrogen-bond donors (Lipinski definition) is 1. The fourth-order valence-electron chi connectivity index (χ4n) is 3.15. The van der Waals surface area contributed by atoms with Crippen molar-refractivity contribution in [3.63, 3.8) is 0 Å². The molecule has 0 radical (unpaired) electrons. The third-order valence-corrected chi connectivity index (χ3v) is 5.98. The fourth-order valence-corrected chi connectivity index (χ4v) is 4.56. The quantitative estimate of drug-likeness (QED) is 0.720. The molecule has 0 bridgehead atoms. The Labute approximate surface area is 165 Å². The molecular weight excluding hydrogens is 386 g/mol. The Balaban J connectivity index is 1.88. The van der Waals surface area contributed by atoms with Crippen LogP contribution in [0.1, 0.15) is 10.4 Å². The van der Waals surface area contributed by atoms with Crippen molar-refractivity contribution in [2.45, 2.75) is 0 Å². The van der Waals surface area contributed by atoms with Gasteiger partial charge in [0.15, 0.2) is 0 Å². The Kier molecular flexibility index (Phi) is 4.90. The number of halogens is 1. The molecule has 1 aliphatic rings. The average molecular weight is 404 g/mol. The van der Waals surface area contributed by atoms with E-state index in [0.29, 0.717) is 35.1 Å². The number of primary amides is 1. The predicted molar refractivity (Wildman–Crippen MR) is 108 cm³/mol. The minimum absolute atomic E-state index is 0.397. The number of amides is 1. The zero-order chi connectivity index (χ0) is 19.0. The number of methoxy groups -OCH3 is 1. The Morgan fingerprint density at radius 3 is 2.78 bits per heavy atom. The molecule has 1 fully saturated rings. The van der Waals surface area contributed by atoms with Crippen molar-refractivity contribution in [2.75, 3.05) is 38.3 Å². The zero-order valence-corrected chi connectivity index (χ0v) is 16.3. The van der Waals surface area contributed by atoms with E-state index >= 15 is 0 Å². The SMILES string of the molecule is COc1ccc(N2CCOCC2)c2sc(-c3cc(C(N)=O)ccc3Cl)nc12. The number of morpholine rings is 1. The number of benzene rings is 2. The summed E-state index contributed by atoms with van der Waals surface area (Å²) in [6, 6.07) is 8.95. The number of carbonyl (C=O) groups excluding carboxylic acids is 1. The maximum atomic E-state index is 11.6. The van der Waals surface area contributed by atoms with Crippen LogP contribution in [0.5, 0.6) is 5.75 Å². The molecule has 1 amide bonds. The van der Waals surface area contributed by atoms with Gasteiger partial charge in [-0.15, -0.1) is 11.3 Å². The van der Waals surface area contributed by atoms with Gasteiger partial charge in [-0.1, -0.05) is 11.6 Å². The third-order valence-electron chi connectivity index (χ3n) is 4.54. The molecular formula is C19H18ClN3O3S. The van der Waals surface area contributed by atoms with Gasteiger partial charge in [-0.3, -0.25) is 4.79 Å². The van der Waals surface area contributed by atoms with Crippen molar-refractivity contribution in [3.05, 3.63) is 40.9 Å². The molecule has 3 aromatic rings. The molecule has 2 heterocycles. The van der Waals surface area contributed by atoms with Crippen molar-refractivity contribution in [1.29, 1.82) is 0 Å². The van der Waals surface area contributed by atoms with Gasteiger partial charge < -0.3 is 20.1 Å². The summed E-state index contributed by atoms with van der Waals surface area (Å²) in [5, 5.41) is 1.24. The smallest absolute Gasteiger partial charge is 0.248 e. The Bertz CT molecular complexity index is 1010. The van der Waals surface area contributed by atoms with E-state index < -0.39 is 5.91 Å². The average Bonchev–Trinajstić information content (AvgIpc) is 3.13. The first-order chi connectivity index (χ1) is 13.1. The van der Waals surface area contributed by atoms with Crippen LogP contribution < -0.4 is 15.4 Å².